The van der Waals surface area contributed by atoms with E-state index < -0.39 is 142 Å². The van der Waals surface area contributed by atoms with Crippen LogP contribution in [0.5, 0.6) is 17.2 Å². The summed E-state index contributed by atoms with van der Waals surface area (Å²) in [6.07, 6.45) is -10.3. The average molecular weight is 803 g/mol. The summed E-state index contributed by atoms with van der Waals surface area (Å²) in [6.45, 7) is 6.66. The highest BCUT2D eigenvalue weighted by molar-refractivity contribution is 6.31. The molecule has 0 aromatic heterocycles. The summed E-state index contributed by atoms with van der Waals surface area (Å²) in [5.41, 5.74) is -4.47. The number of phenolic OH excluding ortho intramolecular Hbond substituents is 3. The molecule has 5 aliphatic rings. The second-order valence-corrected chi connectivity index (χ2v) is 15.6. The molecule has 0 spiro atoms. The number of hydrogen-bond acceptors (Lipinski definition) is 17. The smallest absolute Gasteiger partial charge is 0.316 e. The maximum absolute atomic E-state index is 13.8. The number of carbonyl (C=O) groups is 3. The highest BCUT2D eigenvalue weighted by Crippen LogP contribution is 2.57. The standard InChI is InChI=1S/C40H50O17/c1-6-40(50)14-23(28-29(32(40)39(49)51-5)36(48)31-30(35(28)47)33(45)18-8-7-9-20(42)27(18)34(31)46)55-25-12-21(43)38(17(4)53-25)57-26-13-22(44)37(16(3)54-26)56-24-11-10-19(41)15(2)52-24/h7-9,15-17,19,21-26,32,37-38,41-44,47-48,50H,6,10-14H2,1-5H3/t15-,16+,17+,19-,21-,22-,23+,24?,25+,26?,32+,37+,38-,40+/m1/s1. The second-order valence-electron chi connectivity index (χ2n) is 15.6. The molecular formula is C40H50O17. The van der Waals surface area contributed by atoms with Crippen LogP contribution in [0.2, 0.25) is 0 Å². The summed E-state index contributed by atoms with van der Waals surface area (Å²) in [4.78, 5) is 41.0. The minimum Gasteiger partial charge on any atom is -0.507 e. The summed E-state index contributed by atoms with van der Waals surface area (Å²) in [7, 11) is 1.07. The summed E-state index contributed by atoms with van der Waals surface area (Å²) in [5, 5.41) is 78.6. The number of ketones is 2. The van der Waals surface area contributed by atoms with Crippen LogP contribution in [0.15, 0.2) is 18.2 Å². The van der Waals surface area contributed by atoms with Crippen molar-refractivity contribution in [2.75, 3.05) is 7.11 Å². The molecule has 17 nitrogen and oxygen atoms in total. The predicted octanol–water partition coefficient (Wildman–Crippen LogP) is 2.09. The molecule has 2 unspecified atom stereocenters. The first-order valence-corrected chi connectivity index (χ1v) is 19.3. The molecule has 0 radical (unpaired) electrons. The minimum atomic E-state index is -1.98. The molecule has 3 saturated heterocycles. The van der Waals surface area contributed by atoms with Crippen LogP contribution in [0.25, 0.3) is 0 Å². The zero-order chi connectivity index (χ0) is 41.2. The second kappa shape index (κ2) is 15.8. The van der Waals surface area contributed by atoms with E-state index in [4.69, 9.17) is 33.2 Å². The Morgan fingerprint density at radius 2 is 1.32 bits per heavy atom. The van der Waals surface area contributed by atoms with E-state index in [9.17, 15) is 50.1 Å². The Morgan fingerprint density at radius 1 is 0.754 bits per heavy atom. The number of carbonyl (C=O) groups excluding carboxylic acids is 3. The van der Waals surface area contributed by atoms with Crippen molar-refractivity contribution in [1.29, 1.82) is 0 Å². The zero-order valence-corrected chi connectivity index (χ0v) is 32.2. The van der Waals surface area contributed by atoms with E-state index in [2.05, 4.69) is 0 Å². The van der Waals surface area contributed by atoms with Gasteiger partial charge in [-0.25, -0.2) is 0 Å². The van der Waals surface area contributed by atoms with Crippen molar-refractivity contribution in [1.82, 2.24) is 0 Å². The Balaban J connectivity index is 1.12. The third-order valence-corrected chi connectivity index (χ3v) is 12.1. The van der Waals surface area contributed by atoms with Gasteiger partial charge in [0, 0.05) is 42.4 Å². The van der Waals surface area contributed by atoms with Crippen LogP contribution in [0.3, 0.4) is 0 Å². The van der Waals surface area contributed by atoms with Crippen molar-refractivity contribution in [2.45, 2.75) is 152 Å². The molecule has 7 N–H and O–H groups in total. The van der Waals surface area contributed by atoms with Gasteiger partial charge in [-0.1, -0.05) is 19.1 Å². The molecule has 2 aromatic carbocycles. The van der Waals surface area contributed by atoms with E-state index in [1.165, 1.54) is 18.2 Å². The molecule has 3 fully saturated rings. The van der Waals surface area contributed by atoms with Gasteiger partial charge < -0.3 is 68.9 Å². The molecule has 3 aliphatic heterocycles. The van der Waals surface area contributed by atoms with E-state index in [-0.39, 0.29) is 36.8 Å². The number of ether oxygens (including phenoxy) is 7. The Morgan fingerprint density at radius 3 is 1.89 bits per heavy atom. The number of benzene rings is 2. The van der Waals surface area contributed by atoms with Crippen LogP contribution < -0.4 is 0 Å². The van der Waals surface area contributed by atoms with E-state index >= 15 is 0 Å². The lowest BCUT2D eigenvalue weighted by Gasteiger charge is -2.46. The number of rotatable bonds is 8. The topological polar surface area (TPSA) is 257 Å². The van der Waals surface area contributed by atoms with Gasteiger partial charge in [-0.15, -0.1) is 0 Å². The largest absolute Gasteiger partial charge is 0.507 e. The number of aromatic hydroxyl groups is 3. The van der Waals surface area contributed by atoms with Crippen molar-refractivity contribution in [3.05, 3.63) is 51.6 Å². The van der Waals surface area contributed by atoms with E-state index in [1.54, 1.807) is 27.7 Å². The summed E-state index contributed by atoms with van der Waals surface area (Å²) >= 11 is 0. The van der Waals surface area contributed by atoms with E-state index in [0.29, 0.717) is 12.8 Å². The van der Waals surface area contributed by atoms with Gasteiger partial charge in [-0.2, -0.15) is 0 Å². The third kappa shape index (κ3) is 7.21. The molecule has 312 valence electrons. The van der Waals surface area contributed by atoms with Gasteiger partial charge >= 0.3 is 5.97 Å². The number of esters is 1. The van der Waals surface area contributed by atoms with Crippen LogP contribution in [-0.4, -0.2) is 134 Å². The van der Waals surface area contributed by atoms with Crippen LogP contribution >= 0.6 is 0 Å². The quantitative estimate of drug-likeness (QED) is 0.127. The SMILES string of the molecule is CC[C@]1(O)C[C@H](O[C@H]2C[C@@H](O)[C@H](OC3C[C@@H](O)[C@@H](OC4CC[C@@H](O)[C@@H](C)O4)[C@H](C)O3)[C@H](C)O2)c2c(O)c3c(c(O)c2[C@H]1C(=O)OC)C(=O)c1c(O)cccc1C3=O. The average Bonchev–Trinajstić information content (AvgIpc) is 3.15. The number of fused-ring (bicyclic) bond motifs is 3. The van der Waals surface area contributed by atoms with Crippen LogP contribution in [-0.2, 0) is 38.0 Å². The van der Waals surface area contributed by atoms with Crippen molar-refractivity contribution >= 4 is 17.5 Å². The Bertz CT molecular complexity index is 1880. The molecule has 14 atom stereocenters. The van der Waals surface area contributed by atoms with Gasteiger partial charge in [-0.05, 0) is 39.7 Å². The Kier molecular flexibility index (Phi) is 11.5. The number of aliphatic hydroxyl groups excluding tert-OH is 3. The summed E-state index contributed by atoms with van der Waals surface area (Å²) in [5.74, 6) is -6.70. The molecule has 3 heterocycles. The molecule has 2 aromatic rings. The predicted molar refractivity (Wildman–Crippen MR) is 192 cm³/mol. The van der Waals surface area contributed by atoms with Crippen molar-refractivity contribution in [3.8, 4) is 17.2 Å². The van der Waals surface area contributed by atoms with Gasteiger partial charge in [0.05, 0.1) is 72.1 Å². The van der Waals surface area contributed by atoms with Gasteiger partial charge in [0.25, 0.3) is 0 Å². The minimum absolute atomic E-state index is 0.00397. The molecule has 2 aliphatic carbocycles. The molecule has 0 amide bonds. The van der Waals surface area contributed by atoms with E-state index in [0.717, 1.165) is 7.11 Å². The molecule has 17 heteroatoms. The number of phenols is 3. The van der Waals surface area contributed by atoms with Crippen LogP contribution in [0.4, 0.5) is 0 Å². The van der Waals surface area contributed by atoms with Gasteiger partial charge in [0.15, 0.2) is 24.7 Å². The van der Waals surface area contributed by atoms with Gasteiger partial charge in [0.1, 0.15) is 35.4 Å². The normalized spacial score (nSPS) is 37.9. The lowest BCUT2D eigenvalue weighted by molar-refractivity contribution is -0.333. The Labute approximate surface area is 328 Å². The van der Waals surface area contributed by atoms with Gasteiger partial charge in [0.2, 0.25) is 5.78 Å². The van der Waals surface area contributed by atoms with Crippen molar-refractivity contribution in [3.63, 3.8) is 0 Å². The highest BCUT2D eigenvalue weighted by Gasteiger charge is 2.55. The fourth-order valence-electron chi connectivity index (χ4n) is 8.96. The third-order valence-electron chi connectivity index (χ3n) is 12.1. The zero-order valence-electron chi connectivity index (χ0n) is 32.2. The van der Waals surface area contributed by atoms with Crippen molar-refractivity contribution in [2.24, 2.45) is 0 Å². The van der Waals surface area contributed by atoms with Crippen LogP contribution in [0, 0.1) is 0 Å². The number of aliphatic hydroxyl groups is 4. The molecule has 0 bridgehead atoms. The molecular weight excluding hydrogens is 752 g/mol. The molecule has 7 rings (SSSR count). The monoisotopic (exact) mass is 802 g/mol. The first-order chi connectivity index (χ1) is 27.0. The van der Waals surface area contributed by atoms with E-state index in [1.807, 2.05) is 0 Å². The Hall–Kier alpha value is -3.75. The fourth-order valence-corrected chi connectivity index (χ4v) is 8.96. The first kappa shape index (κ1) is 41.4. The number of methoxy groups -OCH3 is 1. The maximum atomic E-state index is 13.8. The van der Waals surface area contributed by atoms with Crippen LogP contribution in [0.1, 0.15) is 121 Å². The lowest BCUT2D eigenvalue weighted by Crippen LogP contribution is -2.55. The molecule has 0 saturated carbocycles. The first-order valence-electron chi connectivity index (χ1n) is 19.3. The maximum Gasteiger partial charge on any atom is 0.316 e. The van der Waals surface area contributed by atoms with Crippen molar-refractivity contribution < 1.29 is 83.3 Å². The molecule has 57 heavy (non-hydrogen) atoms. The lowest BCUT2D eigenvalue weighted by atomic mass is 9.66. The number of hydrogen-bond donors (Lipinski definition) is 7. The van der Waals surface area contributed by atoms with Gasteiger partial charge in [-0.3, -0.25) is 14.4 Å². The summed E-state index contributed by atoms with van der Waals surface area (Å²) < 4.78 is 41.4. The summed E-state index contributed by atoms with van der Waals surface area (Å²) in [6, 6.07) is 3.83. The fraction of sp³-hybridized carbons (Fsp3) is 0.625. The highest BCUT2D eigenvalue weighted by atomic mass is 16.7.